The summed E-state index contributed by atoms with van der Waals surface area (Å²) in [6.07, 6.45) is -0.291. The van der Waals surface area contributed by atoms with E-state index in [1.807, 2.05) is 19.1 Å². The highest BCUT2D eigenvalue weighted by molar-refractivity contribution is 7.87. The molecule has 0 aliphatic carbocycles. The van der Waals surface area contributed by atoms with E-state index in [0.29, 0.717) is 6.61 Å². The standard InChI is InChI=1S/C14H18FNO4S/c1-3-20-12-6-4-11(5-7-12)10(2)16-9-13(8-14(16)17)21(15,18)19/h4-7,10,13H,3,8-9H2,1-2H3. The largest absolute Gasteiger partial charge is 0.494 e. The number of carbonyl (C=O) groups excluding carboxylic acids is 1. The average molecular weight is 315 g/mol. The number of likely N-dealkylation sites (tertiary alicyclic amines) is 1. The first kappa shape index (κ1) is 15.8. The Kier molecular flexibility index (Phi) is 4.51. The number of rotatable bonds is 5. The fourth-order valence-corrected chi connectivity index (χ4v) is 3.13. The van der Waals surface area contributed by atoms with Crippen molar-refractivity contribution in [1.82, 2.24) is 4.90 Å². The summed E-state index contributed by atoms with van der Waals surface area (Å²) in [5.74, 6) is 0.382. The molecule has 21 heavy (non-hydrogen) atoms. The number of benzene rings is 1. The maximum absolute atomic E-state index is 13.0. The van der Waals surface area contributed by atoms with Crippen molar-refractivity contribution >= 4 is 16.1 Å². The van der Waals surface area contributed by atoms with Crippen LogP contribution in [-0.2, 0) is 15.0 Å². The summed E-state index contributed by atoms with van der Waals surface area (Å²) in [4.78, 5) is 13.3. The Bertz CT molecular complexity index is 614. The summed E-state index contributed by atoms with van der Waals surface area (Å²) >= 11 is 0. The number of halogens is 1. The second-order valence-electron chi connectivity index (χ2n) is 5.03. The van der Waals surface area contributed by atoms with Crippen molar-refractivity contribution in [3.05, 3.63) is 29.8 Å². The van der Waals surface area contributed by atoms with E-state index < -0.39 is 15.5 Å². The van der Waals surface area contributed by atoms with Gasteiger partial charge >= 0.3 is 10.2 Å². The molecule has 1 aliphatic heterocycles. The predicted octanol–water partition coefficient (Wildman–Crippen LogP) is 2.05. The first-order chi connectivity index (χ1) is 9.82. The van der Waals surface area contributed by atoms with E-state index >= 15 is 0 Å². The van der Waals surface area contributed by atoms with Gasteiger partial charge in [-0.15, -0.1) is 3.89 Å². The quantitative estimate of drug-likeness (QED) is 0.780. The van der Waals surface area contributed by atoms with Crippen LogP contribution in [0.4, 0.5) is 3.89 Å². The zero-order valence-electron chi connectivity index (χ0n) is 12.0. The van der Waals surface area contributed by atoms with Gasteiger partial charge in [0.1, 0.15) is 11.0 Å². The first-order valence-electron chi connectivity index (χ1n) is 6.78. The summed E-state index contributed by atoms with van der Waals surface area (Å²) in [6, 6.07) is 6.92. The van der Waals surface area contributed by atoms with Crippen molar-refractivity contribution in [3.63, 3.8) is 0 Å². The second-order valence-corrected chi connectivity index (χ2v) is 6.64. The molecule has 1 amide bonds. The lowest BCUT2D eigenvalue weighted by atomic mass is 10.1. The van der Waals surface area contributed by atoms with Crippen molar-refractivity contribution in [3.8, 4) is 5.75 Å². The van der Waals surface area contributed by atoms with Crippen LogP contribution in [0.25, 0.3) is 0 Å². The number of hydrogen-bond acceptors (Lipinski definition) is 4. The predicted molar refractivity (Wildman–Crippen MR) is 76.2 cm³/mol. The molecular weight excluding hydrogens is 297 g/mol. The number of amides is 1. The molecule has 2 rings (SSSR count). The number of ether oxygens (including phenoxy) is 1. The maximum Gasteiger partial charge on any atom is 0.307 e. The molecule has 1 aromatic rings. The molecule has 2 atom stereocenters. The zero-order valence-corrected chi connectivity index (χ0v) is 12.8. The number of carbonyl (C=O) groups is 1. The summed E-state index contributed by atoms with van der Waals surface area (Å²) in [6.45, 7) is 4.14. The molecule has 2 unspecified atom stereocenters. The molecule has 0 saturated carbocycles. The van der Waals surface area contributed by atoms with E-state index in [1.54, 1.807) is 19.1 Å². The normalized spacial score (nSPS) is 20.6. The zero-order chi connectivity index (χ0) is 15.6. The topological polar surface area (TPSA) is 63.7 Å². The summed E-state index contributed by atoms with van der Waals surface area (Å²) in [7, 11) is -4.68. The van der Waals surface area contributed by atoms with Crippen LogP contribution in [0.1, 0.15) is 31.9 Å². The minimum atomic E-state index is -4.68. The van der Waals surface area contributed by atoms with Gasteiger partial charge in [0.15, 0.2) is 0 Å². The van der Waals surface area contributed by atoms with Gasteiger partial charge in [-0.1, -0.05) is 12.1 Å². The van der Waals surface area contributed by atoms with E-state index in [1.165, 1.54) is 4.90 Å². The van der Waals surface area contributed by atoms with Crippen LogP contribution >= 0.6 is 0 Å². The lowest BCUT2D eigenvalue weighted by Crippen LogP contribution is -2.30. The third-order valence-corrected chi connectivity index (χ3v) is 4.77. The van der Waals surface area contributed by atoms with Crippen LogP contribution in [0.3, 0.4) is 0 Å². The highest BCUT2D eigenvalue weighted by Gasteiger charge is 2.40. The van der Waals surface area contributed by atoms with E-state index in [0.717, 1.165) is 11.3 Å². The lowest BCUT2D eigenvalue weighted by molar-refractivity contribution is -0.129. The minimum Gasteiger partial charge on any atom is -0.494 e. The van der Waals surface area contributed by atoms with E-state index in [9.17, 15) is 17.1 Å². The molecule has 0 N–H and O–H groups in total. The van der Waals surface area contributed by atoms with E-state index in [-0.39, 0.29) is 24.9 Å². The molecule has 1 aliphatic rings. The molecule has 0 spiro atoms. The third-order valence-electron chi connectivity index (χ3n) is 3.66. The van der Waals surface area contributed by atoms with Gasteiger partial charge in [-0.2, -0.15) is 8.42 Å². The molecule has 1 fully saturated rings. The molecular formula is C14H18FNO4S. The van der Waals surface area contributed by atoms with Gasteiger partial charge in [0.25, 0.3) is 0 Å². The van der Waals surface area contributed by atoms with Crippen LogP contribution in [0, 0.1) is 0 Å². The average Bonchev–Trinajstić information content (AvgIpc) is 2.81. The number of hydrogen-bond donors (Lipinski definition) is 0. The van der Waals surface area contributed by atoms with Crippen LogP contribution < -0.4 is 4.74 Å². The molecule has 0 bridgehead atoms. The summed E-state index contributed by atoms with van der Waals surface area (Å²) in [5.41, 5.74) is 0.851. The maximum atomic E-state index is 13.0. The highest BCUT2D eigenvalue weighted by atomic mass is 32.3. The second kappa shape index (κ2) is 6.01. The Morgan fingerprint density at radius 2 is 2.00 bits per heavy atom. The molecule has 5 nitrogen and oxygen atoms in total. The van der Waals surface area contributed by atoms with Crippen molar-refractivity contribution < 1.29 is 21.8 Å². The molecule has 0 radical (unpaired) electrons. The van der Waals surface area contributed by atoms with Crippen LogP contribution in [0.5, 0.6) is 5.75 Å². The van der Waals surface area contributed by atoms with Crippen molar-refractivity contribution in [1.29, 1.82) is 0 Å². The molecule has 0 aromatic heterocycles. The molecule has 7 heteroatoms. The Hall–Kier alpha value is -1.63. The molecule has 1 aromatic carbocycles. The van der Waals surface area contributed by atoms with Crippen LogP contribution in [-0.4, -0.2) is 37.6 Å². The number of nitrogens with zero attached hydrogens (tertiary/aromatic N) is 1. The van der Waals surface area contributed by atoms with Gasteiger partial charge in [0, 0.05) is 13.0 Å². The van der Waals surface area contributed by atoms with Gasteiger partial charge in [-0.25, -0.2) is 0 Å². The van der Waals surface area contributed by atoms with Gasteiger partial charge in [-0.3, -0.25) is 4.79 Å². The van der Waals surface area contributed by atoms with Gasteiger partial charge in [0.2, 0.25) is 5.91 Å². The monoisotopic (exact) mass is 315 g/mol. The van der Waals surface area contributed by atoms with E-state index in [2.05, 4.69) is 0 Å². The SMILES string of the molecule is CCOc1ccc(C(C)N2CC(S(=O)(=O)F)CC2=O)cc1. The molecule has 1 saturated heterocycles. The van der Waals surface area contributed by atoms with Crippen molar-refractivity contribution in [2.45, 2.75) is 31.6 Å². The van der Waals surface area contributed by atoms with Gasteiger partial charge in [-0.05, 0) is 31.5 Å². The van der Waals surface area contributed by atoms with Gasteiger partial charge in [0.05, 0.1) is 12.6 Å². The Balaban J connectivity index is 2.13. The Morgan fingerprint density at radius 3 is 2.48 bits per heavy atom. The Morgan fingerprint density at radius 1 is 1.38 bits per heavy atom. The third kappa shape index (κ3) is 3.53. The van der Waals surface area contributed by atoms with E-state index in [4.69, 9.17) is 4.74 Å². The Labute approximate surface area is 123 Å². The minimum absolute atomic E-state index is 0.105. The molecule has 116 valence electrons. The smallest absolute Gasteiger partial charge is 0.307 e. The molecule has 1 heterocycles. The fraction of sp³-hybridized carbons (Fsp3) is 0.500. The van der Waals surface area contributed by atoms with Crippen LogP contribution in [0.2, 0.25) is 0 Å². The first-order valence-corrected chi connectivity index (χ1v) is 8.23. The highest BCUT2D eigenvalue weighted by Crippen LogP contribution is 2.29. The fourth-order valence-electron chi connectivity index (χ4n) is 2.45. The lowest BCUT2D eigenvalue weighted by Gasteiger charge is -2.25. The van der Waals surface area contributed by atoms with Gasteiger partial charge < -0.3 is 9.64 Å². The summed E-state index contributed by atoms with van der Waals surface area (Å²) < 4.78 is 40.2. The van der Waals surface area contributed by atoms with Crippen molar-refractivity contribution in [2.24, 2.45) is 0 Å². The summed E-state index contributed by atoms with van der Waals surface area (Å²) in [5, 5.41) is -1.25. The van der Waals surface area contributed by atoms with Crippen LogP contribution in [0.15, 0.2) is 24.3 Å². The van der Waals surface area contributed by atoms with Crippen molar-refractivity contribution in [2.75, 3.05) is 13.2 Å².